The molecule has 4 aromatic carbocycles. The number of nitrogens with one attached hydrogen (secondary N) is 2. The van der Waals surface area contributed by atoms with Crippen LogP contribution in [0.4, 0.5) is 22.7 Å². The number of amides is 2. The van der Waals surface area contributed by atoms with E-state index in [-0.39, 0.29) is 22.4 Å². The van der Waals surface area contributed by atoms with E-state index >= 15 is 9.59 Å². The molecule has 8 nitrogen and oxygen atoms in total. The van der Waals surface area contributed by atoms with E-state index in [1.165, 1.54) is 9.80 Å². The first-order valence-corrected chi connectivity index (χ1v) is 17.9. The molecule has 2 aliphatic heterocycles. The zero-order valence-electron chi connectivity index (χ0n) is 29.9. The van der Waals surface area contributed by atoms with Gasteiger partial charge in [-0.25, -0.2) is 0 Å². The summed E-state index contributed by atoms with van der Waals surface area (Å²) in [6, 6.07) is 32.0. The lowest BCUT2D eigenvalue weighted by Crippen LogP contribution is -2.50. The fourth-order valence-corrected chi connectivity index (χ4v) is 8.53. The Kier molecular flexibility index (Phi) is 8.01. The summed E-state index contributed by atoms with van der Waals surface area (Å²) in [7, 11) is 0. The molecular weight excluding hydrogens is 649 g/mol. The predicted molar refractivity (Wildman–Crippen MR) is 204 cm³/mol. The van der Waals surface area contributed by atoms with Crippen LogP contribution in [0, 0.1) is 10.8 Å². The summed E-state index contributed by atoms with van der Waals surface area (Å²) in [5.41, 5.74) is 5.54. The zero-order chi connectivity index (χ0) is 36.4. The molecule has 2 heterocycles. The third-order valence-corrected chi connectivity index (χ3v) is 10.7. The summed E-state index contributed by atoms with van der Waals surface area (Å²) in [4.78, 5) is 62.6. The first-order valence-electron chi connectivity index (χ1n) is 17.9. The molecule has 4 aliphatic rings. The van der Waals surface area contributed by atoms with Crippen molar-refractivity contribution < 1.29 is 19.2 Å². The normalized spacial score (nSPS) is 21.8. The van der Waals surface area contributed by atoms with Crippen LogP contribution in [0.3, 0.4) is 0 Å². The van der Waals surface area contributed by atoms with Crippen molar-refractivity contribution >= 4 is 46.1 Å². The molecule has 2 N–H and O–H groups in total. The highest BCUT2D eigenvalue weighted by atomic mass is 16.2. The Balaban J connectivity index is 1.36. The Morgan fingerprint density at radius 3 is 1.25 bits per heavy atom. The molecule has 0 unspecified atom stereocenters. The minimum atomic E-state index is -0.880. The lowest BCUT2D eigenvalue weighted by molar-refractivity contribution is -0.136. The number of fused-ring (bicyclic) bond motifs is 2. The van der Waals surface area contributed by atoms with Crippen molar-refractivity contribution in [3.63, 3.8) is 0 Å². The zero-order valence-corrected chi connectivity index (χ0v) is 29.9. The number of rotatable bonds is 2. The summed E-state index contributed by atoms with van der Waals surface area (Å²) >= 11 is 0. The molecule has 4 aromatic rings. The molecule has 0 bridgehead atoms. The highest BCUT2D eigenvalue weighted by Gasteiger charge is 2.49. The number of hydrogen-bond acceptors (Lipinski definition) is 6. The molecule has 262 valence electrons. The monoisotopic (exact) mass is 690 g/mol. The minimum absolute atomic E-state index is 0.0673. The average molecular weight is 691 g/mol. The van der Waals surface area contributed by atoms with Gasteiger partial charge in [0.05, 0.1) is 34.8 Å². The SMILES string of the molecule is CC1(C)CC(=O)C2=C(C1)Nc1ccccc1N(C(=O)C(=O)N1c3ccccc3NC3=C(C(=O)CC(C)(C)C3)[C@H]1c1ccccc1)[C@H]2c1ccccc1. The highest BCUT2D eigenvalue weighted by molar-refractivity contribution is 6.46. The number of nitrogens with zero attached hydrogens (tertiary/aromatic N) is 2. The van der Waals surface area contributed by atoms with Crippen molar-refractivity contribution in [1.29, 1.82) is 0 Å². The van der Waals surface area contributed by atoms with E-state index in [0.717, 1.165) is 22.5 Å². The first-order chi connectivity index (χ1) is 24.9. The summed E-state index contributed by atoms with van der Waals surface area (Å²) in [6.45, 7) is 8.29. The first kappa shape index (κ1) is 33.4. The average Bonchev–Trinajstić information content (AvgIpc) is 3.35. The standard InChI is InChI=1S/C44H42N4O4/c1-43(2)23-31-37(35(49)25-43)39(27-15-7-5-8-16-27)47(33-21-13-11-19-29(33)45-31)41(51)42(52)48-34-22-14-12-20-30(34)46-32-24-44(3,4)26-36(50)38(32)40(48)28-17-9-6-10-18-28/h5-22,39-40,45-46H,23-26H2,1-4H3/t39-,40+. The van der Waals surface area contributed by atoms with E-state index < -0.39 is 23.9 Å². The predicted octanol–water partition coefficient (Wildman–Crippen LogP) is 8.67. The van der Waals surface area contributed by atoms with Gasteiger partial charge in [-0.2, -0.15) is 0 Å². The number of para-hydroxylation sites is 4. The van der Waals surface area contributed by atoms with Crippen molar-refractivity contribution in [2.24, 2.45) is 10.8 Å². The second-order valence-corrected chi connectivity index (χ2v) is 15.9. The molecule has 0 fully saturated rings. The van der Waals surface area contributed by atoms with Gasteiger partial charge in [-0.1, -0.05) is 113 Å². The van der Waals surface area contributed by atoms with Crippen molar-refractivity contribution in [1.82, 2.24) is 0 Å². The second-order valence-electron chi connectivity index (χ2n) is 15.9. The molecule has 8 heteroatoms. The topological polar surface area (TPSA) is 98.8 Å². The molecule has 2 amide bonds. The van der Waals surface area contributed by atoms with Crippen LogP contribution in [0.25, 0.3) is 0 Å². The Morgan fingerprint density at radius 2 is 0.865 bits per heavy atom. The van der Waals surface area contributed by atoms with Crippen molar-refractivity contribution in [2.75, 3.05) is 20.4 Å². The number of allylic oxidation sites excluding steroid dienone is 2. The van der Waals surface area contributed by atoms with Gasteiger partial charge in [0.25, 0.3) is 0 Å². The second kappa shape index (κ2) is 12.5. The quantitative estimate of drug-likeness (QED) is 0.204. The van der Waals surface area contributed by atoms with Crippen LogP contribution in [-0.4, -0.2) is 23.4 Å². The molecule has 52 heavy (non-hydrogen) atoms. The van der Waals surface area contributed by atoms with E-state index in [2.05, 4.69) is 38.3 Å². The number of carbonyl (C=O) groups excluding carboxylic acids is 4. The van der Waals surface area contributed by atoms with Crippen LogP contribution in [0.15, 0.2) is 132 Å². The smallest absolute Gasteiger partial charge is 0.317 e. The molecule has 0 spiro atoms. The van der Waals surface area contributed by atoms with Crippen LogP contribution >= 0.6 is 0 Å². The highest BCUT2D eigenvalue weighted by Crippen LogP contribution is 2.51. The number of benzene rings is 4. The molecule has 0 saturated heterocycles. The van der Waals surface area contributed by atoms with Crippen molar-refractivity contribution in [3.8, 4) is 0 Å². The number of ketones is 2. The number of carbonyl (C=O) groups is 4. The molecule has 0 aromatic heterocycles. The van der Waals surface area contributed by atoms with E-state index in [1.807, 2.05) is 109 Å². The van der Waals surface area contributed by atoms with Gasteiger partial charge in [-0.15, -0.1) is 0 Å². The maximum absolute atomic E-state index is 15.5. The Labute approximate surface area is 304 Å². The molecule has 2 atom stereocenters. The van der Waals surface area contributed by atoms with Crippen molar-refractivity contribution in [2.45, 2.75) is 65.5 Å². The van der Waals surface area contributed by atoms with E-state index in [4.69, 9.17) is 0 Å². The van der Waals surface area contributed by atoms with E-state index in [9.17, 15) is 9.59 Å². The fourth-order valence-electron chi connectivity index (χ4n) is 8.53. The molecule has 0 radical (unpaired) electrons. The molecule has 2 aliphatic carbocycles. The largest absolute Gasteiger partial charge is 0.357 e. The fraction of sp³-hybridized carbons (Fsp3) is 0.273. The van der Waals surface area contributed by atoms with Crippen LogP contribution in [0.2, 0.25) is 0 Å². The Hall–Kier alpha value is -5.76. The third kappa shape index (κ3) is 5.72. The Bertz CT molecular complexity index is 2040. The lowest BCUT2D eigenvalue weighted by atomic mass is 9.73. The molecule has 0 saturated carbocycles. The van der Waals surface area contributed by atoms with Gasteiger partial charge in [-0.3, -0.25) is 29.0 Å². The third-order valence-electron chi connectivity index (χ3n) is 10.7. The summed E-state index contributed by atoms with van der Waals surface area (Å²) in [5, 5.41) is 7.08. The summed E-state index contributed by atoms with van der Waals surface area (Å²) in [5.74, 6) is -1.75. The van der Waals surface area contributed by atoms with Gasteiger partial charge in [0.2, 0.25) is 0 Å². The summed E-state index contributed by atoms with van der Waals surface area (Å²) < 4.78 is 0. The maximum atomic E-state index is 15.5. The van der Waals surface area contributed by atoms with E-state index in [0.29, 0.717) is 59.6 Å². The van der Waals surface area contributed by atoms with Gasteiger partial charge in [0, 0.05) is 35.4 Å². The lowest BCUT2D eigenvalue weighted by Gasteiger charge is -2.39. The number of Topliss-reactive ketones (excluding diaryl/α,β-unsaturated/α-hetero) is 2. The summed E-state index contributed by atoms with van der Waals surface area (Å²) in [6.07, 6.45) is 1.80. The number of hydrogen-bond donors (Lipinski definition) is 2. The molecular formula is C44H42N4O4. The van der Waals surface area contributed by atoms with Gasteiger partial charge >= 0.3 is 11.8 Å². The van der Waals surface area contributed by atoms with Crippen LogP contribution in [0.5, 0.6) is 0 Å². The van der Waals surface area contributed by atoms with Gasteiger partial charge in [-0.05, 0) is 59.1 Å². The van der Waals surface area contributed by atoms with Crippen LogP contribution in [-0.2, 0) is 19.2 Å². The maximum Gasteiger partial charge on any atom is 0.317 e. The Morgan fingerprint density at radius 1 is 0.519 bits per heavy atom. The van der Waals surface area contributed by atoms with Gasteiger partial charge in [0.1, 0.15) is 0 Å². The van der Waals surface area contributed by atoms with E-state index in [1.54, 1.807) is 0 Å². The van der Waals surface area contributed by atoms with Gasteiger partial charge in [0.15, 0.2) is 11.6 Å². The van der Waals surface area contributed by atoms with Crippen LogP contribution < -0.4 is 20.4 Å². The van der Waals surface area contributed by atoms with Crippen molar-refractivity contribution in [3.05, 3.63) is 143 Å². The molecule has 8 rings (SSSR count). The van der Waals surface area contributed by atoms with Gasteiger partial charge < -0.3 is 10.6 Å². The number of anilines is 4. The van der Waals surface area contributed by atoms with Crippen LogP contribution in [0.1, 0.15) is 76.6 Å². The minimum Gasteiger partial charge on any atom is -0.357 e.